The summed E-state index contributed by atoms with van der Waals surface area (Å²) >= 11 is 0. The van der Waals surface area contributed by atoms with E-state index in [0.29, 0.717) is 19.4 Å². The van der Waals surface area contributed by atoms with Gasteiger partial charge in [-0.05, 0) is 37.6 Å². The van der Waals surface area contributed by atoms with Crippen molar-refractivity contribution < 1.29 is 14.6 Å². The second kappa shape index (κ2) is 3.95. The first-order valence-electron chi connectivity index (χ1n) is 6.37. The van der Waals surface area contributed by atoms with Crippen LogP contribution >= 0.6 is 0 Å². The predicted molar refractivity (Wildman–Crippen MR) is 64.5 cm³/mol. The zero-order valence-electron chi connectivity index (χ0n) is 11.0. The van der Waals surface area contributed by atoms with E-state index in [9.17, 15) is 9.90 Å². The van der Waals surface area contributed by atoms with E-state index in [0.717, 1.165) is 19.4 Å². The number of rotatable bonds is 2. The Bertz CT molecular complexity index is 311. The largest absolute Gasteiger partial charge is 0.468 e. The Morgan fingerprint density at radius 2 is 2.00 bits per heavy atom. The van der Waals surface area contributed by atoms with Gasteiger partial charge >= 0.3 is 5.97 Å². The van der Waals surface area contributed by atoms with E-state index < -0.39 is 11.0 Å². The van der Waals surface area contributed by atoms with Crippen molar-refractivity contribution in [3.63, 3.8) is 0 Å². The molecule has 4 heteroatoms. The smallest absolute Gasteiger partial charge is 0.316 e. The molecule has 17 heavy (non-hydrogen) atoms. The van der Waals surface area contributed by atoms with Crippen molar-refractivity contribution in [3.8, 4) is 0 Å². The van der Waals surface area contributed by atoms with Crippen LogP contribution in [0.25, 0.3) is 0 Å². The number of methoxy groups -OCH3 is 1. The summed E-state index contributed by atoms with van der Waals surface area (Å²) in [5, 5.41) is 14.0. The number of hydrogen-bond donors (Lipinski definition) is 2. The lowest BCUT2D eigenvalue weighted by Crippen LogP contribution is -2.67. The summed E-state index contributed by atoms with van der Waals surface area (Å²) in [7, 11) is 1.41. The summed E-state index contributed by atoms with van der Waals surface area (Å²) in [5.41, 5.74) is -1.50. The Balaban J connectivity index is 2.25. The van der Waals surface area contributed by atoms with E-state index in [1.165, 1.54) is 7.11 Å². The first kappa shape index (κ1) is 12.8. The maximum Gasteiger partial charge on any atom is 0.316 e. The van der Waals surface area contributed by atoms with Gasteiger partial charge in [0.1, 0.15) is 5.41 Å². The minimum absolute atomic E-state index is 0.132. The number of piperidine rings is 1. The third-order valence-electron chi connectivity index (χ3n) is 4.39. The Kier molecular flexibility index (Phi) is 2.99. The molecule has 0 aromatic rings. The van der Waals surface area contributed by atoms with Gasteiger partial charge in [0.2, 0.25) is 0 Å². The average Bonchev–Trinajstić information content (AvgIpc) is 2.26. The van der Waals surface area contributed by atoms with E-state index in [-0.39, 0.29) is 11.4 Å². The van der Waals surface area contributed by atoms with Gasteiger partial charge in [0, 0.05) is 6.54 Å². The van der Waals surface area contributed by atoms with Crippen molar-refractivity contribution in [2.45, 2.75) is 45.1 Å². The number of nitrogens with one attached hydrogen (secondary N) is 1. The zero-order chi connectivity index (χ0) is 12.7. The van der Waals surface area contributed by atoms with Crippen LogP contribution in [0, 0.1) is 10.8 Å². The third-order valence-corrected chi connectivity index (χ3v) is 4.39. The van der Waals surface area contributed by atoms with Crippen LogP contribution in [0.15, 0.2) is 0 Å². The number of carbonyl (C=O) groups excluding carboxylic acids is 1. The lowest BCUT2D eigenvalue weighted by atomic mass is 9.50. The third kappa shape index (κ3) is 1.87. The summed E-state index contributed by atoms with van der Waals surface area (Å²) < 4.78 is 4.94. The molecule has 1 aliphatic heterocycles. The molecule has 1 aliphatic carbocycles. The molecule has 2 N–H and O–H groups in total. The van der Waals surface area contributed by atoms with Crippen molar-refractivity contribution in [3.05, 3.63) is 0 Å². The van der Waals surface area contributed by atoms with Crippen LogP contribution in [0.3, 0.4) is 0 Å². The lowest BCUT2D eigenvalue weighted by Gasteiger charge is -2.59. The summed E-state index contributed by atoms with van der Waals surface area (Å²) in [4.78, 5) is 12.1. The monoisotopic (exact) mass is 241 g/mol. The fraction of sp³-hybridized carbons (Fsp3) is 0.923. The first-order chi connectivity index (χ1) is 7.85. The molecule has 0 bridgehead atoms. The number of carbonyl (C=O) groups is 1. The molecule has 4 nitrogen and oxygen atoms in total. The van der Waals surface area contributed by atoms with Crippen molar-refractivity contribution in [1.29, 1.82) is 0 Å². The highest BCUT2D eigenvalue weighted by Crippen LogP contribution is 2.58. The molecular formula is C13H23NO3. The van der Waals surface area contributed by atoms with Crippen molar-refractivity contribution >= 4 is 5.97 Å². The SMILES string of the molecule is COC(=O)C1(C2(O)CC(C)(C)C2)CCCNC1. The molecule has 0 aromatic heterocycles. The van der Waals surface area contributed by atoms with Crippen LogP contribution < -0.4 is 5.32 Å². The molecule has 0 amide bonds. The van der Waals surface area contributed by atoms with Gasteiger partial charge in [-0.15, -0.1) is 0 Å². The molecule has 98 valence electrons. The highest BCUT2D eigenvalue weighted by molar-refractivity contribution is 5.79. The highest BCUT2D eigenvalue weighted by Gasteiger charge is 2.64. The second-order valence-electron chi connectivity index (χ2n) is 6.40. The summed E-state index contributed by atoms with van der Waals surface area (Å²) in [5.74, 6) is -0.261. The topological polar surface area (TPSA) is 58.6 Å². The van der Waals surface area contributed by atoms with Gasteiger partial charge in [0.05, 0.1) is 12.7 Å². The van der Waals surface area contributed by atoms with Crippen LogP contribution in [0.4, 0.5) is 0 Å². The van der Waals surface area contributed by atoms with Gasteiger partial charge in [-0.1, -0.05) is 13.8 Å². The molecule has 1 saturated heterocycles. The minimum Gasteiger partial charge on any atom is -0.468 e. The van der Waals surface area contributed by atoms with Gasteiger partial charge in [0.25, 0.3) is 0 Å². The maximum atomic E-state index is 12.1. The van der Waals surface area contributed by atoms with E-state index in [4.69, 9.17) is 4.74 Å². The fourth-order valence-corrected chi connectivity index (χ4v) is 3.73. The lowest BCUT2D eigenvalue weighted by molar-refractivity contribution is -0.216. The summed E-state index contributed by atoms with van der Waals surface area (Å²) in [6.07, 6.45) is 2.99. The molecule has 0 spiro atoms. The van der Waals surface area contributed by atoms with Crippen LogP contribution in [0.5, 0.6) is 0 Å². The first-order valence-corrected chi connectivity index (χ1v) is 6.37. The molecule has 1 atom stereocenters. The number of ether oxygens (including phenoxy) is 1. The average molecular weight is 241 g/mol. The standard InChI is InChI=1S/C13H23NO3/c1-11(2)7-13(16,8-11)12(10(15)17-3)5-4-6-14-9-12/h14,16H,4-9H2,1-3H3. The quantitative estimate of drug-likeness (QED) is 0.710. The molecule has 2 rings (SSSR count). The molecule has 0 aromatic carbocycles. The normalized spacial score (nSPS) is 34.8. The van der Waals surface area contributed by atoms with E-state index in [1.54, 1.807) is 0 Å². The number of aliphatic hydroxyl groups is 1. The molecule has 0 radical (unpaired) electrons. The second-order valence-corrected chi connectivity index (χ2v) is 6.40. The van der Waals surface area contributed by atoms with Crippen LogP contribution in [0.1, 0.15) is 39.5 Å². The Labute approximate surface area is 103 Å². The van der Waals surface area contributed by atoms with Gasteiger partial charge in [-0.3, -0.25) is 4.79 Å². The summed E-state index contributed by atoms with van der Waals surface area (Å²) in [6.45, 7) is 5.70. The molecule has 2 aliphatic rings. The van der Waals surface area contributed by atoms with Crippen LogP contribution in [-0.4, -0.2) is 36.9 Å². The Morgan fingerprint density at radius 3 is 2.41 bits per heavy atom. The maximum absolute atomic E-state index is 12.1. The van der Waals surface area contributed by atoms with E-state index >= 15 is 0 Å². The predicted octanol–water partition coefficient (Wildman–Crippen LogP) is 1.08. The van der Waals surface area contributed by atoms with Gasteiger partial charge < -0.3 is 15.2 Å². The molecular weight excluding hydrogens is 218 g/mol. The van der Waals surface area contributed by atoms with Crippen molar-refractivity contribution in [2.24, 2.45) is 10.8 Å². The highest BCUT2D eigenvalue weighted by atomic mass is 16.5. The van der Waals surface area contributed by atoms with Gasteiger partial charge in [0.15, 0.2) is 0 Å². The molecule has 1 unspecified atom stereocenters. The number of esters is 1. The van der Waals surface area contributed by atoms with E-state index in [2.05, 4.69) is 19.2 Å². The molecule has 1 saturated carbocycles. The van der Waals surface area contributed by atoms with Crippen LogP contribution in [0.2, 0.25) is 0 Å². The van der Waals surface area contributed by atoms with Crippen molar-refractivity contribution in [2.75, 3.05) is 20.2 Å². The number of hydrogen-bond acceptors (Lipinski definition) is 4. The molecule has 1 heterocycles. The summed E-state index contributed by atoms with van der Waals surface area (Å²) in [6, 6.07) is 0. The van der Waals surface area contributed by atoms with Gasteiger partial charge in [-0.25, -0.2) is 0 Å². The van der Waals surface area contributed by atoms with E-state index in [1.807, 2.05) is 0 Å². The fourth-order valence-electron chi connectivity index (χ4n) is 3.73. The Hall–Kier alpha value is -0.610. The Morgan fingerprint density at radius 1 is 1.35 bits per heavy atom. The zero-order valence-corrected chi connectivity index (χ0v) is 11.0. The molecule has 2 fully saturated rings. The minimum atomic E-state index is -0.892. The van der Waals surface area contributed by atoms with Gasteiger partial charge in [-0.2, -0.15) is 0 Å². The van der Waals surface area contributed by atoms with Crippen LogP contribution in [-0.2, 0) is 9.53 Å². The van der Waals surface area contributed by atoms with Crippen molar-refractivity contribution in [1.82, 2.24) is 5.32 Å².